The Morgan fingerprint density at radius 1 is 1.18 bits per heavy atom. The van der Waals surface area contributed by atoms with Crippen molar-refractivity contribution in [3.8, 4) is 5.75 Å². The summed E-state index contributed by atoms with van der Waals surface area (Å²) in [5.41, 5.74) is -0.732. The summed E-state index contributed by atoms with van der Waals surface area (Å²) in [4.78, 5) is 27.6. The monoisotopic (exact) mass is 410 g/mol. The minimum Gasteiger partial charge on any atom is -0.478 e. The lowest BCUT2D eigenvalue weighted by atomic mass is 10.1. The van der Waals surface area contributed by atoms with Crippen LogP contribution in [0, 0.1) is 0 Å². The van der Waals surface area contributed by atoms with Crippen LogP contribution in [0.15, 0.2) is 18.2 Å². The quantitative estimate of drug-likeness (QED) is 0.801. The highest BCUT2D eigenvalue weighted by atomic mass is 35.5. The molecule has 0 unspecified atom stereocenters. The van der Waals surface area contributed by atoms with Gasteiger partial charge in [-0.15, -0.1) is 0 Å². The van der Waals surface area contributed by atoms with E-state index in [9.17, 15) is 14.7 Å². The third kappa shape index (κ3) is 5.08. The summed E-state index contributed by atoms with van der Waals surface area (Å²) >= 11 is 6.10. The maximum Gasteiger partial charge on any atom is 0.410 e. The number of rotatable bonds is 5. The molecule has 1 saturated heterocycles. The van der Waals surface area contributed by atoms with Crippen LogP contribution in [0.4, 0.5) is 4.79 Å². The van der Waals surface area contributed by atoms with Crippen LogP contribution in [0.5, 0.6) is 5.75 Å². The van der Waals surface area contributed by atoms with Crippen LogP contribution in [-0.2, 0) is 16.1 Å². The highest BCUT2D eigenvalue weighted by Gasteiger charge is 2.53. The van der Waals surface area contributed by atoms with Gasteiger partial charge in [0.25, 0.3) is 0 Å². The number of carboxylic acids is 1. The standard InChI is InChI=1S/C20H27ClN2O5/c1-19(2,3)28-18(26)23-10-8-22(9-11-23)13-14-4-5-15(21)12-16(14)27-20(6-7-20)17(24)25/h4-5,12H,6-11,13H2,1-3H3,(H,24,25). The molecule has 0 radical (unpaired) electrons. The Balaban J connectivity index is 1.61. The van der Waals surface area contributed by atoms with Crippen molar-refractivity contribution in [1.29, 1.82) is 0 Å². The number of nitrogens with zero attached hydrogens (tertiary/aromatic N) is 2. The summed E-state index contributed by atoms with van der Waals surface area (Å²) < 4.78 is 11.3. The van der Waals surface area contributed by atoms with Crippen molar-refractivity contribution >= 4 is 23.7 Å². The summed E-state index contributed by atoms with van der Waals surface area (Å²) in [7, 11) is 0. The van der Waals surface area contributed by atoms with Crippen molar-refractivity contribution in [2.75, 3.05) is 26.2 Å². The molecule has 0 atom stereocenters. The van der Waals surface area contributed by atoms with Gasteiger partial charge in [0.15, 0.2) is 0 Å². The number of carboxylic acid groups (broad SMARTS) is 1. The van der Waals surface area contributed by atoms with Gasteiger partial charge in [0.1, 0.15) is 11.4 Å². The van der Waals surface area contributed by atoms with Gasteiger partial charge in [-0.3, -0.25) is 4.90 Å². The molecule has 28 heavy (non-hydrogen) atoms. The number of halogens is 1. The lowest BCUT2D eigenvalue weighted by Gasteiger charge is -2.35. The Labute approximate surface area is 170 Å². The Morgan fingerprint density at radius 2 is 1.82 bits per heavy atom. The van der Waals surface area contributed by atoms with Gasteiger partial charge in [-0.2, -0.15) is 0 Å². The zero-order valence-corrected chi connectivity index (χ0v) is 17.3. The molecule has 2 aliphatic rings. The van der Waals surface area contributed by atoms with Gasteiger partial charge >= 0.3 is 12.1 Å². The predicted molar refractivity (Wildman–Crippen MR) is 105 cm³/mol. The van der Waals surface area contributed by atoms with Gasteiger partial charge in [0.05, 0.1) is 0 Å². The van der Waals surface area contributed by atoms with Crippen LogP contribution < -0.4 is 4.74 Å². The van der Waals surface area contributed by atoms with Crippen LogP contribution in [-0.4, -0.2) is 64.4 Å². The van der Waals surface area contributed by atoms with Gasteiger partial charge in [0.2, 0.25) is 5.60 Å². The lowest BCUT2D eigenvalue weighted by molar-refractivity contribution is -0.147. The van der Waals surface area contributed by atoms with E-state index in [1.165, 1.54) is 0 Å². The molecule has 2 fully saturated rings. The highest BCUT2D eigenvalue weighted by Crippen LogP contribution is 2.42. The van der Waals surface area contributed by atoms with E-state index >= 15 is 0 Å². The fraction of sp³-hybridized carbons (Fsp3) is 0.600. The zero-order valence-electron chi connectivity index (χ0n) is 16.5. The van der Waals surface area contributed by atoms with Gasteiger partial charge in [0, 0.05) is 56.2 Å². The molecule has 1 aromatic rings. The first-order valence-corrected chi connectivity index (χ1v) is 9.87. The van der Waals surface area contributed by atoms with Crippen molar-refractivity contribution in [3.05, 3.63) is 28.8 Å². The first-order chi connectivity index (χ1) is 13.1. The zero-order chi connectivity index (χ0) is 20.5. The molecule has 3 rings (SSSR count). The Kier molecular flexibility index (Phi) is 5.77. The summed E-state index contributed by atoms with van der Waals surface area (Å²) in [5.74, 6) is -0.425. The van der Waals surface area contributed by atoms with E-state index in [2.05, 4.69) is 4.90 Å². The highest BCUT2D eigenvalue weighted by molar-refractivity contribution is 6.30. The number of amides is 1. The number of hydrogen-bond donors (Lipinski definition) is 1. The van der Waals surface area contributed by atoms with Gasteiger partial charge in [-0.1, -0.05) is 17.7 Å². The Morgan fingerprint density at radius 3 is 2.36 bits per heavy atom. The first-order valence-electron chi connectivity index (χ1n) is 9.49. The van der Waals surface area contributed by atoms with E-state index in [1.807, 2.05) is 26.8 Å². The topological polar surface area (TPSA) is 79.3 Å². The number of hydrogen-bond acceptors (Lipinski definition) is 5. The van der Waals surface area contributed by atoms with Gasteiger partial charge in [-0.05, 0) is 32.9 Å². The van der Waals surface area contributed by atoms with Crippen molar-refractivity contribution in [3.63, 3.8) is 0 Å². The molecule has 0 spiro atoms. The third-order valence-electron chi connectivity index (χ3n) is 4.85. The molecule has 8 heteroatoms. The Bertz CT molecular complexity index is 749. The van der Waals surface area contributed by atoms with Crippen molar-refractivity contribution < 1.29 is 24.2 Å². The van der Waals surface area contributed by atoms with Crippen molar-refractivity contribution in [2.45, 2.75) is 51.4 Å². The van der Waals surface area contributed by atoms with E-state index in [0.29, 0.717) is 56.3 Å². The lowest BCUT2D eigenvalue weighted by Crippen LogP contribution is -2.49. The van der Waals surface area contributed by atoms with Crippen LogP contribution in [0.1, 0.15) is 39.2 Å². The van der Waals surface area contributed by atoms with E-state index < -0.39 is 17.2 Å². The van der Waals surface area contributed by atoms with Gasteiger partial charge < -0.3 is 19.5 Å². The number of piperazine rings is 1. The van der Waals surface area contributed by atoms with Crippen molar-refractivity contribution in [2.24, 2.45) is 0 Å². The summed E-state index contributed by atoms with van der Waals surface area (Å²) in [6.45, 7) is 8.73. The minimum atomic E-state index is -1.12. The molecule has 0 aromatic heterocycles. The molecule has 1 N–H and O–H groups in total. The van der Waals surface area contributed by atoms with E-state index in [1.54, 1.807) is 17.0 Å². The predicted octanol–water partition coefficient (Wildman–Crippen LogP) is 3.39. The number of carbonyl (C=O) groups excluding carboxylic acids is 1. The number of benzene rings is 1. The average Bonchev–Trinajstić information content (AvgIpc) is 3.37. The van der Waals surface area contributed by atoms with E-state index in [-0.39, 0.29) is 6.09 Å². The van der Waals surface area contributed by atoms with E-state index in [0.717, 1.165) is 5.56 Å². The fourth-order valence-corrected chi connectivity index (χ4v) is 3.26. The molecule has 1 aliphatic carbocycles. The normalized spacial score (nSPS) is 19.2. The fourth-order valence-electron chi connectivity index (χ4n) is 3.09. The van der Waals surface area contributed by atoms with Crippen LogP contribution in [0.2, 0.25) is 5.02 Å². The molecule has 0 bridgehead atoms. The average molecular weight is 411 g/mol. The number of ether oxygens (including phenoxy) is 2. The SMILES string of the molecule is CC(C)(C)OC(=O)N1CCN(Cc2ccc(Cl)cc2OC2(C(=O)O)CC2)CC1. The Hall–Kier alpha value is -1.99. The second-order valence-electron chi connectivity index (χ2n) is 8.40. The molecule has 154 valence electrons. The number of aliphatic carboxylic acids is 1. The van der Waals surface area contributed by atoms with Gasteiger partial charge in [-0.25, -0.2) is 9.59 Å². The molecule has 1 aromatic carbocycles. The van der Waals surface area contributed by atoms with Crippen molar-refractivity contribution in [1.82, 2.24) is 9.80 Å². The maximum absolute atomic E-state index is 12.2. The summed E-state index contributed by atoms with van der Waals surface area (Å²) in [6.07, 6.45) is 0.714. The van der Waals surface area contributed by atoms with Crippen LogP contribution >= 0.6 is 11.6 Å². The first kappa shape index (κ1) is 20.7. The number of carbonyl (C=O) groups is 2. The summed E-state index contributed by atoms with van der Waals surface area (Å²) in [5, 5.41) is 9.90. The smallest absolute Gasteiger partial charge is 0.410 e. The van der Waals surface area contributed by atoms with Crippen LogP contribution in [0.3, 0.4) is 0 Å². The minimum absolute atomic E-state index is 0.292. The largest absolute Gasteiger partial charge is 0.478 e. The molecular weight excluding hydrogens is 384 g/mol. The van der Waals surface area contributed by atoms with E-state index in [4.69, 9.17) is 21.1 Å². The summed E-state index contributed by atoms with van der Waals surface area (Å²) in [6, 6.07) is 5.33. The molecular formula is C20H27ClN2O5. The van der Waals surface area contributed by atoms with Crippen LogP contribution in [0.25, 0.3) is 0 Å². The third-order valence-corrected chi connectivity index (χ3v) is 5.08. The molecule has 1 saturated carbocycles. The second kappa shape index (κ2) is 7.79. The maximum atomic E-state index is 12.2. The molecule has 7 nitrogen and oxygen atoms in total. The molecule has 1 aliphatic heterocycles. The molecule has 1 amide bonds. The second-order valence-corrected chi connectivity index (χ2v) is 8.83. The molecule has 1 heterocycles.